The summed E-state index contributed by atoms with van der Waals surface area (Å²) in [6, 6.07) is 10.7. The first-order valence-corrected chi connectivity index (χ1v) is 11.6. The van der Waals surface area contributed by atoms with E-state index in [1.807, 2.05) is 39.0 Å². The molecule has 30 heavy (non-hydrogen) atoms. The Labute approximate surface area is 178 Å². The molecule has 2 aromatic carbocycles. The van der Waals surface area contributed by atoms with Crippen LogP contribution >= 0.6 is 0 Å². The molecule has 0 bridgehead atoms. The number of carbonyl (C=O) groups is 1. The van der Waals surface area contributed by atoms with Crippen molar-refractivity contribution in [2.75, 3.05) is 29.8 Å². The lowest BCUT2D eigenvalue weighted by Gasteiger charge is -2.26. The van der Waals surface area contributed by atoms with Crippen molar-refractivity contribution in [3.8, 4) is 11.5 Å². The van der Waals surface area contributed by atoms with Gasteiger partial charge in [-0.2, -0.15) is 0 Å². The van der Waals surface area contributed by atoms with Crippen molar-refractivity contribution in [2.45, 2.75) is 33.7 Å². The van der Waals surface area contributed by atoms with Gasteiger partial charge in [0.1, 0.15) is 19.8 Å². The summed E-state index contributed by atoms with van der Waals surface area (Å²) < 4.78 is 37.7. The number of fused-ring (bicyclic) bond motifs is 1. The Bertz CT molecular complexity index is 1040. The van der Waals surface area contributed by atoms with E-state index in [1.54, 1.807) is 25.1 Å². The van der Waals surface area contributed by atoms with Gasteiger partial charge in [0.25, 0.3) is 0 Å². The van der Waals surface area contributed by atoms with Gasteiger partial charge in [0.2, 0.25) is 15.9 Å². The molecule has 0 radical (unpaired) electrons. The highest BCUT2D eigenvalue weighted by Crippen LogP contribution is 2.34. The monoisotopic (exact) mass is 432 g/mol. The van der Waals surface area contributed by atoms with E-state index in [9.17, 15) is 13.2 Å². The third-order valence-corrected chi connectivity index (χ3v) is 6.82. The van der Waals surface area contributed by atoms with Crippen LogP contribution in [0.2, 0.25) is 0 Å². The predicted molar refractivity (Wildman–Crippen MR) is 117 cm³/mol. The Morgan fingerprint density at radius 3 is 2.50 bits per heavy atom. The Balaban J connectivity index is 1.82. The third-order valence-electron chi connectivity index (χ3n) is 5.08. The van der Waals surface area contributed by atoms with Crippen LogP contribution < -0.4 is 19.1 Å². The number of aryl methyl sites for hydroxylation is 2. The van der Waals surface area contributed by atoms with Gasteiger partial charge in [-0.15, -0.1) is 0 Å². The lowest BCUT2D eigenvalue weighted by Crippen LogP contribution is -2.42. The van der Waals surface area contributed by atoms with E-state index >= 15 is 0 Å². The van der Waals surface area contributed by atoms with Crippen LogP contribution in [0.3, 0.4) is 0 Å². The topological polar surface area (TPSA) is 84.9 Å². The summed E-state index contributed by atoms with van der Waals surface area (Å²) >= 11 is 0. The number of ether oxygens (including phenoxy) is 2. The van der Waals surface area contributed by atoms with Crippen LogP contribution in [0.15, 0.2) is 36.4 Å². The minimum Gasteiger partial charge on any atom is -0.486 e. The Morgan fingerprint density at radius 2 is 1.80 bits per heavy atom. The quantitative estimate of drug-likeness (QED) is 0.727. The number of hydrogen-bond acceptors (Lipinski definition) is 5. The van der Waals surface area contributed by atoms with Crippen molar-refractivity contribution >= 4 is 21.6 Å². The molecule has 1 N–H and O–H groups in total. The highest BCUT2D eigenvalue weighted by molar-refractivity contribution is 7.92. The Kier molecular flexibility index (Phi) is 6.55. The maximum atomic E-state index is 12.8. The summed E-state index contributed by atoms with van der Waals surface area (Å²) in [4.78, 5) is 12.8. The number of sulfonamides is 1. The van der Waals surface area contributed by atoms with E-state index in [2.05, 4.69) is 5.32 Å². The summed E-state index contributed by atoms with van der Waals surface area (Å²) in [6.45, 7) is 7.95. The normalized spacial score (nSPS) is 14.1. The summed E-state index contributed by atoms with van der Waals surface area (Å²) in [6.07, 6.45) is 0. The summed E-state index contributed by atoms with van der Waals surface area (Å²) in [7, 11) is -3.67. The average molecular weight is 433 g/mol. The first-order valence-electron chi connectivity index (χ1n) is 9.98. The smallest absolute Gasteiger partial charge is 0.241 e. The SMILES string of the molecule is CCS(=O)(=O)N(CC(=O)NC(C)c1cc(C)ccc1C)c1ccc2c(c1)OCCO2. The van der Waals surface area contributed by atoms with Gasteiger partial charge >= 0.3 is 0 Å². The molecule has 2 aromatic rings. The minimum absolute atomic E-state index is 0.124. The molecule has 1 amide bonds. The van der Waals surface area contributed by atoms with E-state index in [0.717, 1.165) is 21.0 Å². The van der Waals surface area contributed by atoms with E-state index in [-0.39, 0.29) is 24.2 Å². The van der Waals surface area contributed by atoms with E-state index in [1.165, 1.54) is 0 Å². The molecular weight excluding hydrogens is 404 g/mol. The third kappa shape index (κ3) is 4.87. The molecule has 0 aromatic heterocycles. The predicted octanol–water partition coefficient (Wildman–Crippen LogP) is 3.11. The zero-order valence-corrected chi connectivity index (χ0v) is 18.6. The number of benzene rings is 2. The van der Waals surface area contributed by atoms with E-state index in [0.29, 0.717) is 30.4 Å². The van der Waals surface area contributed by atoms with Gasteiger partial charge in [-0.05, 0) is 51.0 Å². The Hall–Kier alpha value is -2.74. The van der Waals surface area contributed by atoms with Gasteiger partial charge in [-0.3, -0.25) is 9.10 Å². The number of rotatable bonds is 7. The zero-order valence-electron chi connectivity index (χ0n) is 17.8. The van der Waals surface area contributed by atoms with Gasteiger partial charge < -0.3 is 14.8 Å². The van der Waals surface area contributed by atoms with Gasteiger partial charge in [-0.1, -0.05) is 23.8 Å². The second-order valence-electron chi connectivity index (χ2n) is 7.38. The highest BCUT2D eigenvalue weighted by Gasteiger charge is 2.26. The fraction of sp³-hybridized carbons (Fsp3) is 0.409. The van der Waals surface area contributed by atoms with Crippen LogP contribution in [0.1, 0.15) is 36.6 Å². The number of carbonyl (C=O) groups excluding carboxylic acids is 1. The van der Waals surface area contributed by atoms with Crippen LogP contribution in [0.5, 0.6) is 11.5 Å². The second kappa shape index (κ2) is 8.95. The molecule has 1 atom stereocenters. The van der Waals surface area contributed by atoms with Crippen molar-refractivity contribution in [3.05, 3.63) is 53.1 Å². The summed E-state index contributed by atoms with van der Waals surface area (Å²) in [5.74, 6) is 0.530. The van der Waals surface area contributed by atoms with Crippen LogP contribution in [-0.2, 0) is 14.8 Å². The molecule has 0 spiro atoms. The van der Waals surface area contributed by atoms with E-state index in [4.69, 9.17) is 9.47 Å². The maximum absolute atomic E-state index is 12.8. The molecular formula is C22H28N2O5S. The maximum Gasteiger partial charge on any atom is 0.241 e. The first kappa shape index (κ1) is 22.0. The molecule has 162 valence electrons. The number of nitrogens with one attached hydrogen (secondary N) is 1. The van der Waals surface area contributed by atoms with Crippen LogP contribution in [-0.4, -0.2) is 39.8 Å². The fourth-order valence-corrected chi connectivity index (χ4v) is 4.48. The number of amides is 1. The van der Waals surface area contributed by atoms with Crippen LogP contribution in [0, 0.1) is 13.8 Å². The van der Waals surface area contributed by atoms with Crippen molar-refractivity contribution in [1.29, 1.82) is 0 Å². The molecule has 0 aliphatic carbocycles. The first-order chi connectivity index (χ1) is 14.2. The molecule has 1 aliphatic rings. The molecule has 1 aliphatic heterocycles. The van der Waals surface area contributed by atoms with Crippen molar-refractivity contribution < 1.29 is 22.7 Å². The van der Waals surface area contributed by atoms with Crippen molar-refractivity contribution in [1.82, 2.24) is 5.32 Å². The standard InChI is InChI=1S/C22H28N2O5S/c1-5-30(26,27)24(18-8-9-20-21(13-18)29-11-10-28-20)14-22(25)23-17(4)19-12-15(2)6-7-16(19)3/h6-9,12-13,17H,5,10-11,14H2,1-4H3,(H,23,25). The van der Waals surface area contributed by atoms with Gasteiger partial charge in [0.05, 0.1) is 17.5 Å². The molecule has 1 heterocycles. The zero-order chi connectivity index (χ0) is 21.9. The molecule has 0 saturated carbocycles. The molecule has 0 saturated heterocycles. The molecule has 0 fully saturated rings. The average Bonchev–Trinajstić information content (AvgIpc) is 2.73. The molecule has 7 nitrogen and oxygen atoms in total. The lowest BCUT2D eigenvalue weighted by molar-refractivity contribution is -0.120. The number of hydrogen-bond donors (Lipinski definition) is 1. The molecule has 1 unspecified atom stereocenters. The van der Waals surface area contributed by atoms with Gasteiger partial charge in [0, 0.05) is 6.07 Å². The Morgan fingerprint density at radius 1 is 1.10 bits per heavy atom. The highest BCUT2D eigenvalue weighted by atomic mass is 32.2. The van der Waals surface area contributed by atoms with Crippen molar-refractivity contribution in [3.63, 3.8) is 0 Å². The lowest BCUT2D eigenvalue weighted by atomic mass is 10.00. The molecule has 3 rings (SSSR count). The van der Waals surface area contributed by atoms with Gasteiger partial charge in [-0.25, -0.2) is 8.42 Å². The van der Waals surface area contributed by atoms with Crippen LogP contribution in [0.4, 0.5) is 5.69 Å². The minimum atomic E-state index is -3.67. The van der Waals surface area contributed by atoms with Crippen molar-refractivity contribution in [2.24, 2.45) is 0 Å². The largest absolute Gasteiger partial charge is 0.486 e. The number of anilines is 1. The second-order valence-corrected chi connectivity index (χ2v) is 9.57. The summed E-state index contributed by atoms with van der Waals surface area (Å²) in [5, 5.41) is 2.92. The van der Waals surface area contributed by atoms with Crippen LogP contribution in [0.25, 0.3) is 0 Å². The van der Waals surface area contributed by atoms with Gasteiger partial charge in [0.15, 0.2) is 11.5 Å². The molecule has 8 heteroatoms. The number of nitrogens with zero attached hydrogens (tertiary/aromatic N) is 1. The fourth-order valence-electron chi connectivity index (χ4n) is 3.41. The van der Waals surface area contributed by atoms with E-state index < -0.39 is 10.0 Å². The summed E-state index contributed by atoms with van der Waals surface area (Å²) in [5.41, 5.74) is 3.55.